The molecule has 2 aromatic heterocycles. The van der Waals surface area contributed by atoms with Crippen molar-refractivity contribution in [2.75, 3.05) is 4.90 Å². The van der Waals surface area contributed by atoms with Crippen molar-refractivity contribution in [2.45, 2.75) is 75.4 Å². The lowest BCUT2D eigenvalue weighted by Gasteiger charge is -2.38. The molecule has 3 aliphatic rings. The van der Waals surface area contributed by atoms with Crippen molar-refractivity contribution in [3.63, 3.8) is 0 Å². The molecule has 4 heterocycles. The summed E-state index contributed by atoms with van der Waals surface area (Å²) in [6.07, 6.45) is 0.889. The molecule has 1 N–H and O–H groups in total. The van der Waals surface area contributed by atoms with Gasteiger partial charge in [-0.25, -0.2) is 9.78 Å². The number of hydrogen-bond donors (Lipinski definition) is 1. The van der Waals surface area contributed by atoms with E-state index in [-0.39, 0.29) is 47.5 Å². The van der Waals surface area contributed by atoms with Crippen LogP contribution in [0.5, 0.6) is 0 Å². The van der Waals surface area contributed by atoms with Crippen LogP contribution in [0.3, 0.4) is 0 Å². The molecule has 2 unspecified atom stereocenters. The zero-order chi connectivity index (χ0) is 27.6. The molecule has 2 aliphatic heterocycles. The zero-order valence-electron chi connectivity index (χ0n) is 21.4. The van der Waals surface area contributed by atoms with Gasteiger partial charge in [-0.1, -0.05) is 34.7 Å². The number of carboxylic acid groups (broad SMARTS) is 1. The molecule has 1 saturated carbocycles. The zero-order valence-corrected chi connectivity index (χ0v) is 22.2. The number of aromatic nitrogens is 2. The smallest absolute Gasteiger partial charge is 0.417 e. The predicted molar refractivity (Wildman–Crippen MR) is 143 cm³/mol. The van der Waals surface area contributed by atoms with Crippen LogP contribution in [0.1, 0.15) is 71.7 Å². The predicted octanol–water partition coefficient (Wildman–Crippen LogP) is 7.26. The summed E-state index contributed by atoms with van der Waals surface area (Å²) in [4.78, 5) is 18.5. The highest BCUT2D eigenvalue weighted by Crippen LogP contribution is 2.47. The number of nitrogens with zero attached hydrogens (tertiary/aromatic N) is 3. The fourth-order valence-electron chi connectivity index (χ4n) is 6.21. The van der Waals surface area contributed by atoms with Gasteiger partial charge in [0.15, 0.2) is 5.13 Å². The molecule has 2 aromatic carbocycles. The van der Waals surface area contributed by atoms with Crippen molar-refractivity contribution in [3.05, 3.63) is 64.9 Å². The molecule has 3 fully saturated rings. The fourth-order valence-corrected chi connectivity index (χ4v) is 7.36. The minimum absolute atomic E-state index is 0.0148. The highest BCUT2D eigenvalue weighted by molar-refractivity contribution is 7.22. The maximum atomic E-state index is 13.8. The van der Waals surface area contributed by atoms with Crippen LogP contribution in [0.25, 0.3) is 21.5 Å². The van der Waals surface area contributed by atoms with Gasteiger partial charge in [0.05, 0.1) is 34.1 Å². The van der Waals surface area contributed by atoms with Crippen molar-refractivity contribution in [1.82, 2.24) is 10.1 Å². The van der Waals surface area contributed by atoms with E-state index in [4.69, 9.17) is 14.2 Å². The maximum absolute atomic E-state index is 13.8. The Morgan fingerprint density at radius 3 is 2.55 bits per heavy atom. The molecule has 4 aromatic rings. The average Bonchev–Trinajstić information content (AvgIpc) is 3.44. The summed E-state index contributed by atoms with van der Waals surface area (Å²) >= 11 is 1.51. The Bertz CT molecular complexity index is 1580. The third-order valence-corrected chi connectivity index (χ3v) is 9.28. The van der Waals surface area contributed by atoms with Crippen molar-refractivity contribution in [2.24, 2.45) is 0 Å². The highest BCUT2D eigenvalue weighted by atomic mass is 32.1. The second kappa shape index (κ2) is 9.59. The second-order valence-electron chi connectivity index (χ2n) is 10.9. The van der Waals surface area contributed by atoms with Crippen LogP contribution in [0, 0.1) is 0 Å². The van der Waals surface area contributed by atoms with Crippen molar-refractivity contribution >= 4 is 32.7 Å². The van der Waals surface area contributed by atoms with Gasteiger partial charge < -0.3 is 19.3 Å². The Labute approximate surface area is 231 Å². The first-order valence-electron chi connectivity index (χ1n) is 13.4. The number of halogens is 3. The fraction of sp³-hybridized carbons (Fsp3) is 0.414. The highest BCUT2D eigenvalue weighted by Gasteiger charge is 2.43. The molecule has 0 spiro atoms. The quantitative estimate of drug-likeness (QED) is 0.251. The van der Waals surface area contributed by atoms with Gasteiger partial charge in [0.25, 0.3) is 0 Å². The van der Waals surface area contributed by atoms with Gasteiger partial charge in [-0.15, -0.1) is 0 Å². The van der Waals surface area contributed by atoms with Crippen LogP contribution >= 0.6 is 11.3 Å². The molecule has 0 amide bonds. The molecule has 2 bridgehead atoms. The summed E-state index contributed by atoms with van der Waals surface area (Å²) in [7, 11) is 0. The third-order valence-electron chi connectivity index (χ3n) is 8.25. The number of alkyl halides is 3. The topological polar surface area (TPSA) is 88.7 Å². The number of ether oxygens (including phenoxy) is 1. The minimum atomic E-state index is -4.50. The van der Waals surface area contributed by atoms with Gasteiger partial charge in [-0.3, -0.25) is 0 Å². The Morgan fingerprint density at radius 1 is 1.10 bits per heavy atom. The van der Waals surface area contributed by atoms with Crippen LogP contribution in [0.2, 0.25) is 0 Å². The standard InChI is InChI=1S/C29H26F3N3O4S/c30-29(31,32)22-4-2-1-3-20(22)25-21(26(39-34-25)15-5-6-15)14-38-19-12-17-8-9-18(13-19)35(17)28-33-23-10-7-16(27(36)37)11-24(23)40-28/h1-4,7,10-11,15,17-19H,5-6,8-9,12-14H2,(H,36,37). The molecule has 7 rings (SSSR count). The Hall–Kier alpha value is -3.44. The summed E-state index contributed by atoms with van der Waals surface area (Å²) in [5.41, 5.74) is 1.15. The number of aromatic carboxylic acids is 1. The summed E-state index contributed by atoms with van der Waals surface area (Å²) in [5, 5.41) is 14.3. The molecule has 0 radical (unpaired) electrons. The maximum Gasteiger partial charge on any atom is 0.417 e. The monoisotopic (exact) mass is 569 g/mol. The van der Waals surface area contributed by atoms with Crippen LogP contribution in [-0.2, 0) is 17.5 Å². The number of carboxylic acids is 1. The molecule has 2 saturated heterocycles. The summed E-state index contributed by atoms with van der Waals surface area (Å²) < 4.78 is 54.2. The molecule has 208 valence electrons. The first-order chi connectivity index (χ1) is 19.3. The second-order valence-corrected chi connectivity index (χ2v) is 11.9. The number of benzene rings is 2. The summed E-state index contributed by atoms with van der Waals surface area (Å²) in [6.45, 7) is 0.153. The van der Waals surface area contributed by atoms with E-state index in [1.807, 2.05) is 0 Å². The lowest BCUT2D eigenvalue weighted by molar-refractivity contribution is -0.137. The van der Waals surface area contributed by atoms with Crippen molar-refractivity contribution in [1.29, 1.82) is 0 Å². The number of fused-ring (bicyclic) bond motifs is 3. The number of piperidine rings is 1. The van der Waals surface area contributed by atoms with Crippen molar-refractivity contribution < 1.29 is 32.3 Å². The van der Waals surface area contributed by atoms with Crippen LogP contribution in [0.15, 0.2) is 47.0 Å². The van der Waals surface area contributed by atoms with Crippen molar-refractivity contribution in [3.8, 4) is 11.3 Å². The Morgan fingerprint density at radius 2 is 1.85 bits per heavy atom. The number of thiazole rings is 1. The van der Waals surface area contributed by atoms with E-state index in [0.717, 1.165) is 59.9 Å². The van der Waals surface area contributed by atoms with Gasteiger partial charge >= 0.3 is 12.1 Å². The number of carbonyl (C=O) groups is 1. The normalized spacial score (nSPS) is 22.8. The Balaban J connectivity index is 1.10. The molecule has 11 heteroatoms. The van der Waals surface area contributed by atoms with E-state index in [1.54, 1.807) is 24.3 Å². The lowest BCUT2D eigenvalue weighted by Crippen LogP contribution is -2.45. The first-order valence-corrected chi connectivity index (χ1v) is 14.3. The van der Waals surface area contributed by atoms with E-state index in [9.17, 15) is 23.1 Å². The SMILES string of the molecule is O=C(O)c1ccc2nc(N3C4CCC3CC(OCc3c(-c5ccccc5C(F)(F)F)noc3C3CC3)C4)sc2c1. The molecule has 1 aliphatic carbocycles. The molecular formula is C29H26F3N3O4S. The van der Waals surface area contributed by atoms with E-state index in [1.165, 1.54) is 23.5 Å². The molecule has 40 heavy (non-hydrogen) atoms. The van der Waals surface area contributed by atoms with E-state index in [2.05, 4.69) is 10.1 Å². The summed E-state index contributed by atoms with van der Waals surface area (Å²) in [5.74, 6) is -0.142. The molecule has 7 nitrogen and oxygen atoms in total. The summed E-state index contributed by atoms with van der Waals surface area (Å²) in [6, 6.07) is 10.9. The Kier molecular flexibility index (Phi) is 6.12. The molecule has 2 atom stereocenters. The van der Waals surface area contributed by atoms with Gasteiger partial charge in [0, 0.05) is 29.1 Å². The minimum Gasteiger partial charge on any atom is -0.478 e. The first kappa shape index (κ1) is 25.5. The van der Waals surface area contributed by atoms with Crippen LogP contribution in [0.4, 0.5) is 18.3 Å². The van der Waals surface area contributed by atoms with Gasteiger partial charge in [-0.2, -0.15) is 13.2 Å². The van der Waals surface area contributed by atoms with E-state index < -0.39 is 17.7 Å². The largest absolute Gasteiger partial charge is 0.478 e. The molecular weight excluding hydrogens is 543 g/mol. The lowest BCUT2D eigenvalue weighted by atomic mass is 9.98. The number of anilines is 1. The average molecular weight is 570 g/mol. The van der Waals surface area contributed by atoms with Gasteiger partial charge in [-0.05, 0) is 62.8 Å². The van der Waals surface area contributed by atoms with Crippen LogP contribution in [-0.4, -0.2) is 39.4 Å². The van der Waals surface area contributed by atoms with E-state index >= 15 is 0 Å². The number of rotatable bonds is 7. The third kappa shape index (κ3) is 4.54. The number of hydrogen-bond acceptors (Lipinski definition) is 7. The van der Waals surface area contributed by atoms with Crippen LogP contribution < -0.4 is 4.90 Å². The van der Waals surface area contributed by atoms with Gasteiger partial charge in [0.1, 0.15) is 11.5 Å². The van der Waals surface area contributed by atoms with E-state index in [0.29, 0.717) is 11.3 Å². The van der Waals surface area contributed by atoms with Gasteiger partial charge in [0.2, 0.25) is 0 Å².